The summed E-state index contributed by atoms with van der Waals surface area (Å²) in [6.45, 7) is 6.84. The van der Waals surface area contributed by atoms with Gasteiger partial charge in [-0.25, -0.2) is 0 Å². The lowest BCUT2D eigenvalue weighted by Gasteiger charge is -2.35. The number of carbonyl (C=O) groups is 1. The van der Waals surface area contributed by atoms with E-state index >= 15 is 0 Å². The van der Waals surface area contributed by atoms with Crippen LogP contribution in [0.4, 0.5) is 0 Å². The zero-order valence-electron chi connectivity index (χ0n) is 25.5. The first kappa shape index (κ1) is 29.5. The second-order valence-corrected chi connectivity index (χ2v) is 11.5. The first-order chi connectivity index (χ1) is 21.7. The Morgan fingerprint density at radius 2 is 1.64 bits per heavy atom. The highest BCUT2D eigenvalue weighted by atomic mass is 16.5. The van der Waals surface area contributed by atoms with Crippen molar-refractivity contribution < 1.29 is 9.53 Å². The summed E-state index contributed by atoms with van der Waals surface area (Å²) in [5.74, 6) is 0.927. The molecule has 4 aromatic carbocycles. The van der Waals surface area contributed by atoms with Crippen LogP contribution in [-0.4, -0.2) is 53.4 Å². The summed E-state index contributed by atoms with van der Waals surface area (Å²) in [7, 11) is 0. The number of piperazine rings is 1. The number of fused-ring (bicyclic) bond motifs is 1. The molecule has 1 aliphatic heterocycles. The maximum absolute atomic E-state index is 13.9. The van der Waals surface area contributed by atoms with E-state index < -0.39 is 0 Å². The SMILES string of the molecule is CCc1cccc2c(C(CC(=O)N3CCN(CC=Cc4ccccc4)CC3)c3cccc(OCc4ccccc4)c3)c[nH]c12. The van der Waals surface area contributed by atoms with Gasteiger partial charge in [0.25, 0.3) is 0 Å². The maximum atomic E-state index is 13.9. The van der Waals surface area contributed by atoms with E-state index in [4.69, 9.17) is 4.74 Å². The van der Waals surface area contributed by atoms with Gasteiger partial charge in [-0.15, -0.1) is 0 Å². The van der Waals surface area contributed by atoms with Crippen molar-refractivity contribution in [2.24, 2.45) is 0 Å². The number of carbonyl (C=O) groups excluding carboxylic acids is 1. The van der Waals surface area contributed by atoms with Gasteiger partial charge < -0.3 is 14.6 Å². The van der Waals surface area contributed by atoms with E-state index in [9.17, 15) is 4.79 Å². The minimum absolute atomic E-state index is 0.0875. The van der Waals surface area contributed by atoms with Crippen LogP contribution in [0, 0.1) is 0 Å². The maximum Gasteiger partial charge on any atom is 0.223 e. The van der Waals surface area contributed by atoms with Crippen molar-refractivity contribution in [3.05, 3.63) is 143 Å². The van der Waals surface area contributed by atoms with Gasteiger partial charge in [0.15, 0.2) is 0 Å². The number of amides is 1. The number of para-hydroxylation sites is 1. The Kier molecular flexibility index (Phi) is 9.54. The number of benzene rings is 4. The fourth-order valence-corrected chi connectivity index (χ4v) is 6.18. The number of aromatic nitrogens is 1. The van der Waals surface area contributed by atoms with Crippen LogP contribution < -0.4 is 4.74 Å². The Balaban J connectivity index is 1.18. The Morgan fingerprint density at radius 1 is 0.886 bits per heavy atom. The van der Waals surface area contributed by atoms with Gasteiger partial charge in [0.2, 0.25) is 5.91 Å². The Labute approximate surface area is 260 Å². The van der Waals surface area contributed by atoms with E-state index in [2.05, 4.69) is 102 Å². The number of hydrogen-bond donors (Lipinski definition) is 1. The summed E-state index contributed by atoms with van der Waals surface area (Å²) < 4.78 is 6.20. The largest absolute Gasteiger partial charge is 0.489 e. The van der Waals surface area contributed by atoms with Crippen LogP contribution in [0.3, 0.4) is 0 Å². The molecule has 224 valence electrons. The number of aromatic amines is 1. The molecule has 1 atom stereocenters. The molecule has 5 heteroatoms. The summed E-state index contributed by atoms with van der Waals surface area (Å²) in [4.78, 5) is 21.9. The molecule has 6 rings (SSSR count). The molecule has 0 spiro atoms. The van der Waals surface area contributed by atoms with Crippen molar-refractivity contribution in [1.82, 2.24) is 14.8 Å². The fraction of sp³-hybridized carbons (Fsp3) is 0.256. The molecule has 1 saturated heterocycles. The minimum atomic E-state index is -0.0875. The summed E-state index contributed by atoms with van der Waals surface area (Å²) in [5.41, 5.74) is 7.05. The second kappa shape index (κ2) is 14.2. The van der Waals surface area contributed by atoms with Crippen LogP contribution in [0.2, 0.25) is 0 Å². The van der Waals surface area contributed by atoms with Crippen molar-refractivity contribution >= 4 is 22.9 Å². The highest BCUT2D eigenvalue weighted by Gasteiger charge is 2.27. The van der Waals surface area contributed by atoms with E-state index in [1.54, 1.807) is 0 Å². The lowest BCUT2D eigenvalue weighted by molar-refractivity contribution is -0.133. The van der Waals surface area contributed by atoms with Crippen LogP contribution in [0.25, 0.3) is 17.0 Å². The van der Waals surface area contributed by atoms with Gasteiger partial charge in [-0.05, 0) is 46.4 Å². The zero-order valence-corrected chi connectivity index (χ0v) is 25.5. The predicted molar refractivity (Wildman–Crippen MR) is 180 cm³/mol. The summed E-state index contributed by atoms with van der Waals surface area (Å²) >= 11 is 0. The zero-order chi connectivity index (χ0) is 30.1. The molecule has 1 unspecified atom stereocenters. The molecule has 5 aromatic rings. The van der Waals surface area contributed by atoms with Gasteiger partial charge in [-0.3, -0.25) is 9.69 Å². The lowest BCUT2D eigenvalue weighted by Crippen LogP contribution is -2.48. The number of nitrogens with zero attached hydrogens (tertiary/aromatic N) is 2. The molecule has 0 aliphatic carbocycles. The van der Waals surface area contributed by atoms with Crippen LogP contribution in [0.15, 0.2) is 115 Å². The number of ether oxygens (including phenoxy) is 1. The third-order valence-electron chi connectivity index (χ3n) is 8.68. The van der Waals surface area contributed by atoms with E-state index in [1.807, 2.05) is 41.3 Å². The highest BCUT2D eigenvalue weighted by Crippen LogP contribution is 2.36. The van der Waals surface area contributed by atoms with Crippen molar-refractivity contribution in [1.29, 1.82) is 0 Å². The number of hydrogen-bond acceptors (Lipinski definition) is 3. The van der Waals surface area contributed by atoms with Crippen molar-refractivity contribution in [2.45, 2.75) is 32.3 Å². The van der Waals surface area contributed by atoms with Gasteiger partial charge in [-0.1, -0.05) is 110 Å². The van der Waals surface area contributed by atoms with Gasteiger partial charge in [-0.2, -0.15) is 0 Å². The molecule has 1 aromatic heterocycles. The standard InChI is InChI=1S/C39H41N3O2/c1-2-32-17-10-20-35-37(28-40-39(32)35)36(33-18-9-19-34(26-33)44-29-31-14-7-4-8-15-31)27-38(43)42-24-22-41(23-25-42)21-11-16-30-12-5-3-6-13-30/h3-20,26,28,36,40H,2,21-25,27,29H2,1H3. The van der Waals surface area contributed by atoms with Crippen LogP contribution in [0.1, 0.15) is 47.1 Å². The molecule has 1 aliphatic rings. The molecule has 1 fully saturated rings. The van der Waals surface area contributed by atoms with Crippen LogP contribution in [-0.2, 0) is 17.8 Å². The quantitative estimate of drug-likeness (QED) is 0.173. The number of H-pyrrole nitrogens is 1. The van der Waals surface area contributed by atoms with Crippen molar-refractivity contribution in [3.63, 3.8) is 0 Å². The Morgan fingerprint density at radius 3 is 2.41 bits per heavy atom. The molecule has 1 amide bonds. The van der Waals surface area contributed by atoms with Gasteiger partial charge in [0.05, 0.1) is 0 Å². The van der Waals surface area contributed by atoms with Gasteiger partial charge in [0, 0.05) is 62.2 Å². The Bertz CT molecular complexity index is 1680. The average Bonchev–Trinajstić information content (AvgIpc) is 3.52. The normalized spacial score (nSPS) is 14.7. The number of nitrogens with one attached hydrogen (secondary N) is 1. The smallest absolute Gasteiger partial charge is 0.223 e. The summed E-state index contributed by atoms with van der Waals surface area (Å²) in [6, 6.07) is 35.4. The van der Waals surface area contributed by atoms with Crippen molar-refractivity contribution in [3.8, 4) is 5.75 Å². The monoisotopic (exact) mass is 583 g/mol. The van der Waals surface area contributed by atoms with E-state index in [-0.39, 0.29) is 11.8 Å². The predicted octanol–water partition coefficient (Wildman–Crippen LogP) is 7.69. The molecule has 44 heavy (non-hydrogen) atoms. The van der Waals surface area contributed by atoms with Crippen molar-refractivity contribution in [2.75, 3.05) is 32.7 Å². The first-order valence-electron chi connectivity index (χ1n) is 15.7. The molecule has 0 saturated carbocycles. The average molecular weight is 584 g/mol. The Hall–Kier alpha value is -4.61. The second-order valence-electron chi connectivity index (χ2n) is 11.5. The van der Waals surface area contributed by atoms with Crippen LogP contribution in [0.5, 0.6) is 5.75 Å². The lowest BCUT2D eigenvalue weighted by atomic mass is 9.87. The first-order valence-corrected chi connectivity index (χ1v) is 15.7. The minimum Gasteiger partial charge on any atom is -0.489 e. The summed E-state index contributed by atoms with van der Waals surface area (Å²) in [6.07, 6.45) is 7.87. The third kappa shape index (κ3) is 7.12. The molecule has 0 bridgehead atoms. The number of aryl methyl sites for hydroxylation is 1. The van der Waals surface area contributed by atoms with Gasteiger partial charge in [0.1, 0.15) is 12.4 Å². The molecule has 1 N–H and O–H groups in total. The van der Waals surface area contributed by atoms with E-state index in [0.29, 0.717) is 13.0 Å². The topological polar surface area (TPSA) is 48.6 Å². The highest BCUT2D eigenvalue weighted by molar-refractivity contribution is 5.88. The molecular formula is C39H41N3O2. The molecular weight excluding hydrogens is 542 g/mol. The molecule has 2 heterocycles. The molecule has 5 nitrogen and oxygen atoms in total. The van der Waals surface area contributed by atoms with E-state index in [1.165, 1.54) is 16.5 Å². The van der Waals surface area contributed by atoms with E-state index in [0.717, 1.165) is 67.1 Å². The van der Waals surface area contributed by atoms with Gasteiger partial charge >= 0.3 is 0 Å². The molecule has 0 radical (unpaired) electrons. The number of rotatable bonds is 11. The third-order valence-corrected chi connectivity index (χ3v) is 8.68. The van der Waals surface area contributed by atoms with Crippen LogP contribution >= 0.6 is 0 Å². The fourth-order valence-electron chi connectivity index (χ4n) is 6.18. The summed E-state index contributed by atoms with van der Waals surface area (Å²) in [5, 5.41) is 1.19.